The summed E-state index contributed by atoms with van der Waals surface area (Å²) in [4.78, 5) is 16.4. The quantitative estimate of drug-likeness (QED) is 0.267. The maximum atomic E-state index is 12.1. The van der Waals surface area contributed by atoms with Crippen molar-refractivity contribution in [3.8, 4) is 0 Å². The van der Waals surface area contributed by atoms with Gasteiger partial charge < -0.3 is 21.1 Å². The SMILES string of the molecule is CCNC(=NCC(=O)NC1CCCCC1)NCC(C)(O)c1ccsc1.I. The van der Waals surface area contributed by atoms with E-state index in [2.05, 4.69) is 20.9 Å². The molecule has 8 heteroatoms. The maximum absolute atomic E-state index is 12.1. The fraction of sp³-hybridized carbons (Fsp3) is 0.667. The topological polar surface area (TPSA) is 85.8 Å². The molecule has 0 aromatic carbocycles. The number of nitrogens with zero attached hydrogens (tertiary/aromatic N) is 1. The molecule has 0 aliphatic heterocycles. The van der Waals surface area contributed by atoms with E-state index in [-0.39, 0.29) is 36.4 Å². The highest BCUT2D eigenvalue weighted by Crippen LogP contribution is 2.22. The van der Waals surface area contributed by atoms with Crippen LogP contribution in [0.2, 0.25) is 0 Å². The number of hydrogen-bond acceptors (Lipinski definition) is 4. The molecule has 1 aromatic heterocycles. The van der Waals surface area contributed by atoms with Crippen molar-refractivity contribution in [2.75, 3.05) is 19.6 Å². The molecule has 1 heterocycles. The number of aliphatic imine (C=N–C) groups is 1. The van der Waals surface area contributed by atoms with Crippen molar-refractivity contribution in [2.45, 2.75) is 57.6 Å². The molecule has 26 heavy (non-hydrogen) atoms. The Morgan fingerprint density at radius 3 is 2.69 bits per heavy atom. The molecular formula is C18H31IN4O2S. The fourth-order valence-electron chi connectivity index (χ4n) is 2.94. The van der Waals surface area contributed by atoms with Gasteiger partial charge in [-0.1, -0.05) is 19.3 Å². The molecule has 0 bridgehead atoms. The minimum Gasteiger partial charge on any atom is -0.384 e. The van der Waals surface area contributed by atoms with Gasteiger partial charge in [0.05, 0.1) is 6.54 Å². The van der Waals surface area contributed by atoms with Crippen molar-refractivity contribution in [1.82, 2.24) is 16.0 Å². The van der Waals surface area contributed by atoms with Gasteiger partial charge in [-0.05, 0) is 49.1 Å². The second kappa shape index (κ2) is 11.8. The van der Waals surface area contributed by atoms with Crippen molar-refractivity contribution in [1.29, 1.82) is 0 Å². The largest absolute Gasteiger partial charge is 0.384 e. The Bertz CT molecular complexity index is 558. The van der Waals surface area contributed by atoms with Gasteiger partial charge in [0.25, 0.3) is 0 Å². The zero-order valence-electron chi connectivity index (χ0n) is 15.6. The fourth-order valence-corrected chi connectivity index (χ4v) is 3.72. The zero-order chi connectivity index (χ0) is 18.1. The van der Waals surface area contributed by atoms with Gasteiger partial charge in [-0.15, -0.1) is 24.0 Å². The molecule has 1 aliphatic carbocycles. The molecule has 1 fully saturated rings. The van der Waals surface area contributed by atoms with E-state index >= 15 is 0 Å². The number of carbonyl (C=O) groups is 1. The summed E-state index contributed by atoms with van der Waals surface area (Å²) in [7, 11) is 0. The zero-order valence-corrected chi connectivity index (χ0v) is 18.7. The second-order valence-electron chi connectivity index (χ2n) is 6.74. The Morgan fingerprint density at radius 1 is 1.35 bits per heavy atom. The van der Waals surface area contributed by atoms with E-state index in [1.165, 1.54) is 19.3 Å². The molecule has 2 rings (SSSR count). The lowest BCUT2D eigenvalue weighted by atomic mass is 9.95. The number of hydrogen-bond donors (Lipinski definition) is 4. The number of carbonyl (C=O) groups excluding carboxylic acids is 1. The van der Waals surface area contributed by atoms with Crippen molar-refractivity contribution in [3.05, 3.63) is 22.4 Å². The van der Waals surface area contributed by atoms with E-state index in [0.29, 0.717) is 25.1 Å². The molecule has 148 valence electrons. The Hall–Kier alpha value is -0.870. The van der Waals surface area contributed by atoms with Crippen LogP contribution < -0.4 is 16.0 Å². The average molecular weight is 494 g/mol. The number of rotatable bonds is 7. The number of halogens is 1. The van der Waals surface area contributed by atoms with Gasteiger partial charge in [0.15, 0.2) is 5.96 Å². The van der Waals surface area contributed by atoms with Crippen molar-refractivity contribution < 1.29 is 9.90 Å². The lowest BCUT2D eigenvalue weighted by Crippen LogP contribution is -2.45. The molecule has 1 aromatic rings. The first-order valence-corrected chi connectivity index (χ1v) is 10.0. The van der Waals surface area contributed by atoms with Crippen LogP contribution in [0.1, 0.15) is 51.5 Å². The van der Waals surface area contributed by atoms with Crippen LogP contribution in [0, 0.1) is 0 Å². The molecular weight excluding hydrogens is 463 g/mol. The van der Waals surface area contributed by atoms with Crippen LogP contribution in [0.15, 0.2) is 21.8 Å². The van der Waals surface area contributed by atoms with E-state index in [1.807, 2.05) is 23.8 Å². The summed E-state index contributed by atoms with van der Waals surface area (Å²) >= 11 is 1.56. The van der Waals surface area contributed by atoms with Gasteiger partial charge >= 0.3 is 0 Å². The third kappa shape index (κ3) is 7.79. The van der Waals surface area contributed by atoms with Crippen LogP contribution >= 0.6 is 35.3 Å². The minimum atomic E-state index is -0.986. The highest BCUT2D eigenvalue weighted by atomic mass is 127. The molecule has 0 radical (unpaired) electrons. The van der Waals surface area contributed by atoms with Crippen molar-refractivity contribution in [3.63, 3.8) is 0 Å². The predicted molar refractivity (Wildman–Crippen MR) is 118 cm³/mol. The Balaban J connectivity index is 0.00000338. The molecule has 0 spiro atoms. The van der Waals surface area contributed by atoms with Gasteiger partial charge in [-0.25, -0.2) is 4.99 Å². The van der Waals surface area contributed by atoms with Crippen LogP contribution in [0.5, 0.6) is 0 Å². The average Bonchev–Trinajstić information content (AvgIpc) is 3.14. The Labute approximate surface area is 177 Å². The highest BCUT2D eigenvalue weighted by Gasteiger charge is 2.23. The number of thiophene rings is 1. The second-order valence-corrected chi connectivity index (χ2v) is 7.52. The first kappa shape index (κ1) is 23.2. The first-order valence-electron chi connectivity index (χ1n) is 9.08. The Kier molecular flexibility index (Phi) is 10.5. The number of nitrogens with one attached hydrogen (secondary N) is 3. The highest BCUT2D eigenvalue weighted by molar-refractivity contribution is 14.0. The molecule has 1 aliphatic rings. The lowest BCUT2D eigenvalue weighted by Gasteiger charge is -2.24. The minimum absolute atomic E-state index is 0. The molecule has 6 nitrogen and oxygen atoms in total. The van der Waals surface area contributed by atoms with Crippen LogP contribution in [0.25, 0.3) is 0 Å². The van der Waals surface area contributed by atoms with Crippen LogP contribution in [-0.4, -0.2) is 42.6 Å². The van der Waals surface area contributed by atoms with Crippen LogP contribution in [0.3, 0.4) is 0 Å². The third-order valence-electron chi connectivity index (χ3n) is 4.44. The van der Waals surface area contributed by atoms with Gasteiger partial charge in [-0.2, -0.15) is 11.3 Å². The standard InChI is InChI=1S/C18H30N4O2S.HI/c1-3-19-17(21-13-18(2,24)14-9-10-25-12-14)20-11-16(23)22-15-7-5-4-6-8-15;/h9-10,12,15,24H,3-8,11,13H2,1-2H3,(H,22,23)(H2,19,20,21);1H. The summed E-state index contributed by atoms with van der Waals surface area (Å²) in [6, 6.07) is 2.21. The normalized spacial score (nSPS) is 17.7. The molecule has 0 saturated heterocycles. The summed E-state index contributed by atoms with van der Waals surface area (Å²) in [5.41, 5.74) is -0.114. The van der Waals surface area contributed by atoms with Gasteiger partial charge in [0.2, 0.25) is 5.91 Å². The van der Waals surface area contributed by atoms with Crippen molar-refractivity contribution >= 4 is 47.2 Å². The van der Waals surface area contributed by atoms with E-state index in [1.54, 1.807) is 18.3 Å². The van der Waals surface area contributed by atoms with Gasteiger partial charge in [-0.3, -0.25) is 4.79 Å². The molecule has 4 N–H and O–H groups in total. The van der Waals surface area contributed by atoms with Gasteiger partial charge in [0, 0.05) is 12.6 Å². The molecule has 1 amide bonds. The summed E-state index contributed by atoms with van der Waals surface area (Å²) in [6.45, 7) is 4.83. The van der Waals surface area contributed by atoms with E-state index in [0.717, 1.165) is 18.4 Å². The van der Waals surface area contributed by atoms with Crippen LogP contribution in [-0.2, 0) is 10.4 Å². The Morgan fingerprint density at radius 2 is 2.08 bits per heavy atom. The summed E-state index contributed by atoms with van der Waals surface area (Å²) in [5.74, 6) is 0.491. The molecule has 1 unspecified atom stereocenters. The predicted octanol–water partition coefficient (Wildman–Crippen LogP) is 2.58. The van der Waals surface area contributed by atoms with E-state index in [9.17, 15) is 9.90 Å². The lowest BCUT2D eigenvalue weighted by molar-refractivity contribution is -0.120. The van der Waals surface area contributed by atoms with Crippen molar-refractivity contribution in [2.24, 2.45) is 4.99 Å². The maximum Gasteiger partial charge on any atom is 0.242 e. The monoisotopic (exact) mass is 494 g/mol. The van der Waals surface area contributed by atoms with E-state index in [4.69, 9.17) is 0 Å². The van der Waals surface area contributed by atoms with Gasteiger partial charge in [0.1, 0.15) is 12.1 Å². The third-order valence-corrected chi connectivity index (χ3v) is 5.12. The van der Waals surface area contributed by atoms with Crippen LogP contribution in [0.4, 0.5) is 0 Å². The first-order chi connectivity index (χ1) is 12.0. The number of guanidine groups is 1. The smallest absolute Gasteiger partial charge is 0.242 e. The number of amides is 1. The summed E-state index contributed by atoms with van der Waals surface area (Å²) in [6.07, 6.45) is 5.78. The van der Waals surface area contributed by atoms with E-state index < -0.39 is 5.60 Å². The summed E-state index contributed by atoms with van der Waals surface area (Å²) < 4.78 is 0. The summed E-state index contributed by atoms with van der Waals surface area (Å²) in [5, 5.41) is 23.7. The number of aliphatic hydroxyl groups is 1. The molecule has 1 atom stereocenters. The molecule has 1 saturated carbocycles.